The number of methoxy groups -OCH3 is 1. The molecule has 0 aromatic carbocycles. The van der Waals surface area contributed by atoms with Gasteiger partial charge in [-0.25, -0.2) is 0 Å². The largest absolute Gasteiger partial charge is 0.468 e. The molecule has 1 aromatic rings. The van der Waals surface area contributed by atoms with Crippen molar-refractivity contribution in [2.45, 2.75) is 12.1 Å². The highest BCUT2D eigenvalue weighted by molar-refractivity contribution is 7.99. The van der Waals surface area contributed by atoms with Crippen molar-refractivity contribution >= 4 is 17.7 Å². The van der Waals surface area contributed by atoms with E-state index in [4.69, 9.17) is 0 Å². The van der Waals surface area contributed by atoms with E-state index >= 15 is 0 Å². The molecule has 72 valence electrons. The number of aromatic nitrogens is 3. The van der Waals surface area contributed by atoms with Crippen molar-refractivity contribution in [1.82, 2.24) is 14.8 Å². The Morgan fingerprint density at radius 2 is 2.31 bits per heavy atom. The van der Waals surface area contributed by atoms with Gasteiger partial charge in [-0.15, -0.1) is 10.2 Å². The normalized spacial score (nSPS) is 10.1. The highest BCUT2D eigenvalue weighted by Crippen LogP contribution is 2.14. The van der Waals surface area contributed by atoms with Crippen molar-refractivity contribution in [3.63, 3.8) is 0 Å². The summed E-state index contributed by atoms with van der Waals surface area (Å²) in [6.07, 6.45) is 0. The molecule has 1 aromatic heterocycles. The molecule has 5 nitrogen and oxygen atoms in total. The number of rotatable bonds is 3. The molecule has 0 aliphatic carbocycles. The fraction of sp³-hybridized carbons (Fsp3) is 0.571. The Morgan fingerprint density at radius 3 is 2.77 bits per heavy atom. The monoisotopic (exact) mass is 201 g/mol. The van der Waals surface area contributed by atoms with Gasteiger partial charge in [0.1, 0.15) is 5.82 Å². The molecular formula is C7H11N3O2S. The molecule has 0 fully saturated rings. The van der Waals surface area contributed by atoms with Gasteiger partial charge in [-0.2, -0.15) is 0 Å². The third-order valence-corrected chi connectivity index (χ3v) is 2.59. The van der Waals surface area contributed by atoms with E-state index in [0.29, 0.717) is 0 Å². The maximum atomic E-state index is 10.8. The molecule has 1 rings (SSSR count). The van der Waals surface area contributed by atoms with E-state index in [1.165, 1.54) is 18.9 Å². The molecule has 6 heteroatoms. The van der Waals surface area contributed by atoms with Crippen LogP contribution in [0.1, 0.15) is 5.82 Å². The number of hydrogen-bond acceptors (Lipinski definition) is 5. The maximum Gasteiger partial charge on any atom is 0.316 e. The zero-order valence-electron chi connectivity index (χ0n) is 7.77. The quantitative estimate of drug-likeness (QED) is 0.523. The lowest BCUT2D eigenvalue weighted by molar-refractivity contribution is -0.137. The van der Waals surface area contributed by atoms with Gasteiger partial charge in [-0.1, -0.05) is 11.8 Å². The van der Waals surface area contributed by atoms with E-state index in [1.807, 2.05) is 18.5 Å². The number of aryl methyl sites for hydroxylation is 1. The second-order valence-electron chi connectivity index (χ2n) is 2.45. The van der Waals surface area contributed by atoms with Crippen LogP contribution in [0.3, 0.4) is 0 Å². The lowest BCUT2D eigenvalue weighted by Gasteiger charge is -1.99. The van der Waals surface area contributed by atoms with Crippen LogP contribution in [0.25, 0.3) is 0 Å². The van der Waals surface area contributed by atoms with Crippen LogP contribution in [0.2, 0.25) is 0 Å². The smallest absolute Gasteiger partial charge is 0.316 e. The van der Waals surface area contributed by atoms with Crippen molar-refractivity contribution in [2.24, 2.45) is 7.05 Å². The molecule has 0 aliphatic heterocycles. The third kappa shape index (κ3) is 2.45. The summed E-state index contributed by atoms with van der Waals surface area (Å²) in [5.41, 5.74) is 0. The average molecular weight is 201 g/mol. The topological polar surface area (TPSA) is 57.0 Å². The zero-order valence-corrected chi connectivity index (χ0v) is 8.59. The Morgan fingerprint density at radius 1 is 1.62 bits per heavy atom. The summed E-state index contributed by atoms with van der Waals surface area (Å²) in [5, 5.41) is 8.47. The molecular weight excluding hydrogens is 190 g/mol. The fourth-order valence-corrected chi connectivity index (χ4v) is 1.48. The van der Waals surface area contributed by atoms with Gasteiger partial charge in [-0.3, -0.25) is 4.79 Å². The maximum absolute atomic E-state index is 10.8. The average Bonchev–Trinajstić information content (AvgIpc) is 2.44. The lowest BCUT2D eigenvalue weighted by Crippen LogP contribution is -2.04. The van der Waals surface area contributed by atoms with Gasteiger partial charge in [0.25, 0.3) is 0 Å². The summed E-state index contributed by atoms with van der Waals surface area (Å²) >= 11 is 1.32. The minimum Gasteiger partial charge on any atom is -0.468 e. The molecule has 0 saturated heterocycles. The molecule has 0 bridgehead atoms. The number of carbonyl (C=O) groups excluding carboxylic acids is 1. The number of ether oxygens (including phenoxy) is 1. The van der Waals surface area contributed by atoms with E-state index in [9.17, 15) is 4.79 Å². The summed E-state index contributed by atoms with van der Waals surface area (Å²) in [6.45, 7) is 1.86. The molecule has 0 aliphatic rings. The van der Waals surface area contributed by atoms with Gasteiger partial charge in [0, 0.05) is 7.05 Å². The Balaban J connectivity index is 2.55. The predicted molar refractivity (Wildman–Crippen MR) is 48.5 cm³/mol. The molecule has 1 heterocycles. The molecule has 0 radical (unpaired) electrons. The van der Waals surface area contributed by atoms with E-state index in [2.05, 4.69) is 14.9 Å². The second kappa shape index (κ2) is 4.27. The zero-order chi connectivity index (χ0) is 9.84. The molecule has 0 amide bonds. The molecule has 0 atom stereocenters. The summed E-state index contributed by atoms with van der Waals surface area (Å²) in [4.78, 5) is 10.8. The second-order valence-corrected chi connectivity index (χ2v) is 3.40. The van der Waals surface area contributed by atoms with Crippen LogP contribution in [-0.2, 0) is 16.6 Å². The van der Waals surface area contributed by atoms with Gasteiger partial charge in [0.15, 0.2) is 5.16 Å². The molecule has 0 unspecified atom stereocenters. The fourth-order valence-electron chi connectivity index (χ4n) is 0.696. The highest BCUT2D eigenvalue weighted by atomic mass is 32.2. The molecule has 0 spiro atoms. The Labute approximate surface area is 80.5 Å². The van der Waals surface area contributed by atoms with Crippen LogP contribution in [0.4, 0.5) is 0 Å². The number of nitrogens with zero attached hydrogens (tertiary/aromatic N) is 3. The van der Waals surface area contributed by atoms with Crippen molar-refractivity contribution in [3.8, 4) is 0 Å². The number of esters is 1. The van der Waals surface area contributed by atoms with Crippen molar-refractivity contribution < 1.29 is 9.53 Å². The first-order valence-electron chi connectivity index (χ1n) is 3.70. The van der Waals surface area contributed by atoms with Crippen LogP contribution >= 0.6 is 11.8 Å². The third-order valence-electron chi connectivity index (χ3n) is 1.60. The summed E-state index contributed by atoms with van der Waals surface area (Å²) < 4.78 is 6.33. The van der Waals surface area contributed by atoms with Crippen LogP contribution in [-0.4, -0.2) is 33.6 Å². The lowest BCUT2D eigenvalue weighted by atomic mass is 10.7. The van der Waals surface area contributed by atoms with E-state index in [-0.39, 0.29) is 11.7 Å². The summed E-state index contributed by atoms with van der Waals surface area (Å²) in [6, 6.07) is 0. The van der Waals surface area contributed by atoms with Crippen molar-refractivity contribution in [2.75, 3.05) is 12.9 Å². The van der Waals surface area contributed by atoms with Gasteiger partial charge in [0.05, 0.1) is 12.9 Å². The van der Waals surface area contributed by atoms with Gasteiger partial charge >= 0.3 is 5.97 Å². The van der Waals surface area contributed by atoms with Crippen LogP contribution in [0.5, 0.6) is 0 Å². The van der Waals surface area contributed by atoms with Crippen LogP contribution in [0, 0.1) is 6.92 Å². The van der Waals surface area contributed by atoms with Crippen molar-refractivity contribution in [3.05, 3.63) is 5.82 Å². The van der Waals surface area contributed by atoms with E-state index in [1.54, 1.807) is 0 Å². The van der Waals surface area contributed by atoms with E-state index in [0.717, 1.165) is 11.0 Å². The number of carbonyl (C=O) groups is 1. The minimum absolute atomic E-state index is 0.259. The standard InChI is InChI=1S/C7H11N3O2S/c1-5-8-9-7(10(5)2)13-4-6(11)12-3/h4H2,1-3H3. The van der Waals surface area contributed by atoms with Gasteiger partial charge in [0.2, 0.25) is 0 Å². The van der Waals surface area contributed by atoms with E-state index < -0.39 is 0 Å². The summed E-state index contributed by atoms with van der Waals surface area (Å²) in [7, 11) is 3.22. The first kappa shape index (κ1) is 10.0. The number of hydrogen-bond donors (Lipinski definition) is 0. The van der Waals surface area contributed by atoms with Crippen LogP contribution in [0.15, 0.2) is 5.16 Å². The molecule has 0 saturated carbocycles. The Bertz CT molecular complexity index is 311. The molecule has 0 N–H and O–H groups in total. The molecule has 13 heavy (non-hydrogen) atoms. The Kier molecular flexibility index (Phi) is 3.30. The highest BCUT2D eigenvalue weighted by Gasteiger charge is 2.08. The predicted octanol–water partition coefficient (Wildman–Crippen LogP) is 0.389. The Hall–Kier alpha value is -1.04. The first-order chi connectivity index (χ1) is 6.15. The van der Waals surface area contributed by atoms with Crippen molar-refractivity contribution in [1.29, 1.82) is 0 Å². The van der Waals surface area contributed by atoms with Gasteiger partial charge in [-0.05, 0) is 6.92 Å². The number of thioether (sulfide) groups is 1. The van der Waals surface area contributed by atoms with Gasteiger partial charge < -0.3 is 9.30 Å². The minimum atomic E-state index is -0.259. The van der Waals surface area contributed by atoms with Crippen LogP contribution < -0.4 is 0 Å². The first-order valence-corrected chi connectivity index (χ1v) is 4.69. The SMILES string of the molecule is COC(=O)CSc1nnc(C)n1C. The summed E-state index contributed by atoms with van der Waals surface area (Å²) in [5.74, 6) is 0.834.